The van der Waals surface area contributed by atoms with Crippen molar-refractivity contribution >= 4 is 28.3 Å². The number of anilines is 2. The van der Waals surface area contributed by atoms with Crippen molar-refractivity contribution in [1.29, 1.82) is 0 Å². The second kappa shape index (κ2) is 8.24. The fraction of sp³-hybridized carbons (Fsp3) is 0.250. The highest BCUT2D eigenvalue weighted by atomic mass is 16.1. The molecule has 2 heterocycles. The number of unbranched alkanes of at least 4 members (excludes halogenated alkanes) is 2. The average Bonchev–Trinajstić information content (AvgIpc) is 2.66. The molecular formula is C20H22N4O. The summed E-state index contributed by atoms with van der Waals surface area (Å²) in [6, 6.07) is 13.1. The molecule has 25 heavy (non-hydrogen) atoms. The number of hydrogen-bond acceptors (Lipinski definition) is 4. The first-order chi connectivity index (χ1) is 12.3. The van der Waals surface area contributed by atoms with Gasteiger partial charge in [-0.1, -0.05) is 38.0 Å². The molecule has 3 aromatic rings. The highest BCUT2D eigenvalue weighted by Crippen LogP contribution is 2.21. The number of aromatic nitrogens is 2. The normalized spacial score (nSPS) is 10.6. The number of carbonyl (C=O) groups excluding carboxylic acids is 1. The molecular weight excluding hydrogens is 312 g/mol. The zero-order chi connectivity index (χ0) is 17.5. The van der Waals surface area contributed by atoms with Gasteiger partial charge in [-0.05, 0) is 30.7 Å². The molecule has 1 aromatic carbocycles. The van der Waals surface area contributed by atoms with Crippen molar-refractivity contribution < 1.29 is 4.79 Å². The van der Waals surface area contributed by atoms with Crippen LogP contribution in [0, 0.1) is 0 Å². The Morgan fingerprint density at radius 2 is 1.92 bits per heavy atom. The highest BCUT2D eigenvalue weighted by molar-refractivity contribution is 6.08. The third-order valence-electron chi connectivity index (χ3n) is 3.99. The standard InChI is InChI=1S/C20H22N4O/c1-2-3-4-11-21-18-14-16(10-13-22-18)20(25)24-17-9-5-7-15-8-6-12-23-19(15)17/h5-10,12-14H,2-4,11H2,1H3,(H,21,22)(H,24,25). The van der Waals surface area contributed by atoms with Crippen molar-refractivity contribution in [1.82, 2.24) is 9.97 Å². The second-order valence-corrected chi connectivity index (χ2v) is 5.90. The molecule has 0 radical (unpaired) electrons. The lowest BCUT2D eigenvalue weighted by Crippen LogP contribution is -2.13. The van der Waals surface area contributed by atoms with Gasteiger partial charge in [-0.3, -0.25) is 9.78 Å². The molecule has 0 fully saturated rings. The van der Waals surface area contributed by atoms with Crippen LogP contribution in [0.5, 0.6) is 0 Å². The molecule has 0 aliphatic carbocycles. The molecule has 0 spiro atoms. The number of carbonyl (C=O) groups is 1. The zero-order valence-electron chi connectivity index (χ0n) is 14.3. The maximum absolute atomic E-state index is 12.6. The molecule has 3 rings (SSSR count). The van der Waals surface area contributed by atoms with Crippen LogP contribution in [0.25, 0.3) is 10.9 Å². The van der Waals surface area contributed by atoms with Crippen LogP contribution < -0.4 is 10.6 Å². The van der Waals surface area contributed by atoms with E-state index < -0.39 is 0 Å². The summed E-state index contributed by atoms with van der Waals surface area (Å²) in [6.07, 6.45) is 6.83. The number of nitrogens with zero attached hydrogens (tertiary/aromatic N) is 2. The van der Waals surface area contributed by atoms with E-state index in [1.807, 2.05) is 30.3 Å². The SMILES string of the molecule is CCCCCNc1cc(C(=O)Nc2cccc3cccnc23)ccn1. The van der Waals surface area contributed by atoms with Crippen LogP contribution in [-0.4, -0.2) is 22.4 Å². The van der Waals surface area contributed by atoms with Gasteiger partial charge in [0.15, 0.2) is 0 Å². The van der Waals surface area contributed by atoms with E-state index in [2.05, 4.69) is 27.5 Å². The number of hydrogen-bond donors (Lipinski definition) is 2. The minimum absolute atomic E-state index is 0.169. The topological polar surface area (TPSA) is 66.9 Å². The summed E-state index contributed by atoms with van der Waals surface area (Å²) in [5, 5.41) is 7.21. The summed E-state index contributed by atoms with van der Waals surface area (Å²) >= 11 is 0. The maximum Gasteiger partial charge on any atom is 0.255 e. The smallest absolute Gasteiger partial charge is 0.255 e. The molecule has 0 saturated carbocycles. The van der Waals surface area contributed by atoms with Gasteiger partial charge < -0.3 is 10.6 Å². The molecule has 2 N–H and O–H groups in total. The fourth-order valence-electron chi connectivity index (χ4n) is 2.66. The third kappa shape index (κ3) is 4.32. The van der Waals surface area contributed by atoms with E-state index in [4.69, 9.17) is 0 Å². The molecule has 0 aliphatic heterocycles. The van der Waals surface area contributed by atoms with Gasteiger partial charge in [-0.15, -0.1) is 0 Å². The minimum Gasteiger partial charge on any atom is -0.370 e. The van der Waals surface area contributed by atoms with Gasteiger partial charge in [-0.2, -0.15) is 0 Å². The predicted molar refractivity (Wildman–Crippen MR) is 102 cm³/mol. The van der Waals surface area contributed by atoms with E-state index >= 15 is 0 Å². The Hall–Kier alpha value is -2.95. The van der Waals surface area contributed by atoms with Crippen LogP contribution in [0.3, 0.4) is 0 Å². The molecule has 5 heteroatoms. The van der Waals surface area contributed by atoms with E-state index in [9.17, 15) is 4.79 Å². The van der Waals surface area contributed by atoms with E-state index in [-0.39, 0.29) is 5.91 Å². The van der Waals surface area contributed by atoms with E-state index in [1.54, 1.807) is 24.5 Å². The van der Waals surface area contributed by atoms with Crippen molar-refractivity contribution in [3.8, 4) is 0 Å². The van der Waals surface area contributed by atoms with Crippen LogP contribution in [0.15, 0.2) is 54.9 Å². The van der Waals surface area contributed by atoms with Crippen molar-refractivity contribution in [2.75, 3.05) is 17.2 Å². The first kappa shape index (κ1) is 16.9. The molecule has 2 aromatic heterocycles. The molecule has 0 bridgehead atoms. The van der Waals surface area contributed by atoms with Crippen LogP contribution in [0.1, 0.15) is 36.5 Å². The van der Waals surface area contributed by atoms with Crippen molar-refractivity contribution in [3.05, 3.63) is 60.4 Å². The Labute approximate surface area is 147 Å². The average molecular weight is 334 g/mol. The van der Waals surface area contributed by atoms with Crippen molar-refractivity contribution in [3.63, 3.8) is 0 Å². The Morgan fingerprint density at radius 1 is 1.04 bits per heavy atom. The Kier molecular flexibility index (Phi) is 5.57. The lowest BCUT2D eigenvalue weighted by molar-refractivity contribution is 0.102. The Balaban J connectivity index is 1.72. The summed E-state index contributed by atoms with van der Waals surface area (Å²) in [7, 11) is 0. The molecule has 128 valence electrons. The van der Waals surface area contributed by atoms with Crippen LogP contribution >= 0.6 is 0 Å². The zero-order valence-corrected chi connectivity index (χ0v) is 14.3. The first-order valence-corrected chi connectivity index (χ1v) is 8.63. The predicted octanol–water partition coefficient (Wildman–Crippen LogP) is 4.48. The summed E-state index contributed by atoms with van der Waals surface area (Å²) in [6.45, 7) is 3.03. The Morgan fingerprint density at radius 3 is 2.80 bits per heavy atom. The lowest BCUT2D eigenvalue weighted by atomic mass is 10.1. The third-order valence-corrected chi connectivity index (χ3v) is 3.99. The molecule has 1 amide bonds. The van der Waals surface area contributed by atoms with Gasteiger partial charge in [-0.25, -0.2) is 4.98 Å². The van der Waals surface area contributed by atoms with Crippen molar-refractivity contribution in [2.24, 2.45) is 0 Å². The minimum atomic E-state index is -0.169. The van der Waals surface area contributed by atoms with Gasteiger partial charge in [0.25, 0.3) is 5.91 Å². The monoisotopic (exact) mass is 334 g/mol. The molecule has 5 nitrogen and oxygen atoms in total. The lowest BCUT2D eigenvalue weighted by Gasteiger charge is -2.09. The summed E-state index contributed by atoms with van der Waals surface area (Å²) < 4.78 is 0. The number of rotatable bonds is 7. The first-order valence-electron chi connectivity index (χ1n) is 8.63. The van der Waals surface area contributed by atoms with Crippen LogP contribution in [-0.2, 0) is 0 Å². The molecule has 0 saturated heterocycles. The molecule has 0 atom stereocenters. The quantitative estimate of drug-likeness (QED) is 0.625. The second-order valence-electron chi connectivity index (χ2n) is 5.90. The summed E-state index contributed by atoms with van der Waals surface area (Å²) in [5.74, 6) is 0.553. The fourth-order valence-corrected chi connectivity index (χ4v) is 2.66. The van der Waals surface area contributed by atoms with Gasteiger partial charge in [0.1, 0.15) is 5.82 Å². The number of nitrogens with one attached hydrogen (secondary N) is 2. The maximum atomic E-state index is 12.6. The summed E-state index contributed by atoms with van der Waals surface area (Å²) in [5.41, 5.74) is 2.06. The van der Waals surface area contributed by atoms with Crippen LogP contribution in [0.4, 0.5) is 11.5 Å². The number of amides is 1. The van der Waals surface area contributed by atoms with Crippen molar-refractivity contribution in [2.45, 2.75) is 26.2 Å². The van der Waals surface area contributed by atoms with E-state index in [0.29, 0.717) is 11.3 Å². The Bertz CT molecular complexity index is 858. The number of fused-ring (bicyclic) bond motifs is 1. The van der Waals surface area contributed by atoms with Gasteiger partial charge >= 0.3 is 0 Å². The van der Waals surface area contributed by atoms with Crippen LogP contribution in [0.2, 0.25) is 0 Å². The number of para-hydroxylation sites is 1. The van der Waals surface area contributed by atoms with Gasteiger partial charge in [0.2, 0.25) is 0 Å². The number of pyridine rings is 2. The van der Waals surface area contributed by atoms with E-state index in [1.165, 1.54) is 12.8 Å². The number of benzene rings is 1. The summed E-state index contributed by atoms with van der Waals surface area (Å²) in [4.78, 5) is 21.2. The highest BCUT2D eigenvalue weighted by Gasteiger charge is 2.10. The largest absolute Gasteiger partial charge is 0.370 e. The molecule has 0 unspecified atom stereocenters. The van der Waals surface area contributed by atoms with E-state index in [0.717, 1.165) is 29.7 Å². The van der Waals surface area contributed by atoms with Gasteiger partial charge in [0.05, 0.1) is 11.2 Å². The van der Waals surface area contributed by atoms with Gasteiger partial charge in [0, 0.05) is 29.9 Å². The molecule has 0 aliphatic rings.